The molecule has 2 aromatic carbocycles. The van der Waals surface area contributed by atoms with Crippen molar-refractivity contribution < 1.29 is 44.1 Å². The molecule has 43 heavy (non-hydrogen) atoms. The minimum Gasteiger partial charge on any atom is -0.508 e. The van der Waals surface area contributed by atoms with Gasteiger partial charge in [0.2, 0.25) is 11.8 Å². The van der Waals surface area contributed by atoms with E-state index in [4.69, 9.17) is 28.9 Å². The van der Waals surface area contributed by atoms with E-state index in [-0.39, 0.29) is 40.4 Å². The zero-order valence-electron chi connectivity index (χ0n) is 22.8. The summed E-state index contributed by atoms with van der Waals surface area (Å²) in [7, 11) is 2.99. The zero-order chi connectivity index (χ0) is 31.7. The molecule has 0 aromatic heterocycles. The molecule has 2 aromatic rings. The SMILES string of the molecule is CN(C)[C@@H]1C(=O)C(C(N)=O)C(=O)[C@@]2(O)C(=O)C3C(=O)c4c(cc(Cl)c(NC(=O)C(Cl)c5ccc(O)cc5)c4O)CC3CC12. The first kappa shape index (κ1) is 30.6. The number of nitrogens with zero attached hydrogens (tertiary/aromatic N) is 1. The second-order valence-electron chi connectivity index (χ2n) is 11.3. The summed E-state index contributed by atoms with van der Waals surface area (Å²) in [6.07, 6.45) is -0.0969. The fourth-order valence-corrected chi connectivity index (χ4v) is 7.19. The highest BCUT2D eigenvalue weighted by Gasteiger charge is 2.69. The summed E-state index contributed by atoms with van der Waals surface area (Å²) >= 11 is 12.7. The maximum Gasteiger partial charge on any atom is 0.247 e. The van der Waals surface area contributed by atoms with Crippen LogP contribution in [0.15, 0.2) is 30.3 Å². The number of primary amides is 1. The van der Waals surface area contributed by atoms with Gasteiger partial charge < -0.3 is 26.4 Å². The Labute approximate surface area is 254 Å². The molecular formula is C29H27Cl2N3O9. The van der Waals surface area contributed by atoms with Crippen molar-refractivity contribution in [1.29, 1.82) is 0 Å². The number of phenolic OH excluding ortho intramolecular Hbond substituents is 2. The highest BCUT2D eigenvalue weighted by Crippen LogP contribution is 2.52. The van der Waals surface area contributed by atoms with E-state index >= 15 is 0 Å². The summed E-state index contributed by atoms with van der Waals surface area (Å²) in [4.78, 5) is 80.7. The number of nitrogens with one attached hydrogen (secondary N) is 1. The predicted octanol–water partition coefficient (Wildman–Crippen LogP) is 1.14. The number of alkyl halides is 1. The maximum absolute atomic E-state index is 13.9. The summed E-state index contributed by atoms with van der Waals surface area (Å²) in [5, 5.41) is 33.3. The number of halogens is 2. The van der Waals surface area contributed by atoms with Crippen LogP contribution in [0.1, 0.15) is 33.3 Å². The third-order valence-corrected chi connectivity index (χ3v) is 9.42. The molecule has 3 aliphatic rings. The molecule has 7 atom stereocenters. The summed E-state index contributed by atoms with van der Waals surface area (Å²) in [5.41, 5.74) is 2.37. The number of ketones is 4. The molecule has 12 nitrogen and oxygen atoms in total. The second kappa shape index (κ2) is 10.7. The number of fused-ring (bicyclic) bond motifs is 3. The number of anilines is 1. The van der Waals surface area contributed by atoms with Gasteiger partial charge in [0.15, 0.2) is 40.4 Å². The number of aliphatic hydroxyl groups is 1. The Morgan fingerprint density at radius 3 is 2.30 bits per heavy atom. The van der Waals surface area contributed by atoms with Crippen molar-refractivity contribution in [2.45, 2.75) is 29.9 Å². The Kier molecular flexibility index (Phi) is 7.62. The highest BCUT2D eigenvalue weighted by atomic mass is 35.5. The Morgan fingerprint density at radius 1 is 1.09 bits per heavy atom. The van der Waals surface area contributed by atoms with E-state index in [0.29, 0.717) is 5.56 Å². The van der Waals surface area contributed by atoms with Crippen LogP contribution in [0.5, 0.6) is 11.5 Å². The topological polar surface area (TPSA) is 204 Å². The zero-order valence-corrected chi connectivity index (χ0v) is 24.3. The lowest BCUT2D eigenvalue weighted by atomic mass is 9.52. The number of Topliss-reactive ketones (excluding diaryl/α,β-unsaturated/α-hetero) is 4. The van der Waals surface area contributed by atoms with Gasteiger partial charge in [0.1, 0.15) is 16.8 Å². The van der Waals surface area contributed by atoms with E-state index in [1.807, 2.05) is 0 Å². The van der Waals surface area contributed by atoms with Gasteiger partial charge in [-0.05, 0) is 62.2 Å². The fourth-order valence-electron chi connectivity index (χ4n) is 6.73. The average Bonchev–Trinajstić information content (AvgIpc) is 2.92. The van der Waals surface area contributed by atoms with E-state index < -0.39 is 81.4 Å². The van der Waals surface area contributed by atoms with Crippen LogP contribution in [-0.4, -0.2) is 80.9 Å². The fraction of sp³-hybridized carbons (Fsp3) is 0.379. The number of hydrogen-bond donors (Lipinski definition) is 5. The number of likely N-dealkylation sites (N-methyl/N-ethyl adjacent to an activating group) is 1. The number of benzene rings is 2. The molecular weight excluding hydrogens is 605 g/mol. The molecule has 0 aliphatic heterocycles. The molecule has 6 N–H and O–H groups in total. The Bertz CT molecular complexity index is 1610. The van der Waals surface area contributed by atoms with Crippen molar-refractivity contribution in [2.24, 2.45) is 29.4 Å². The van der Waals surface area contributed by atoms with Gasteiger partial charge in [-0.3, -0.25) is 33.7 Å². The van der Waals surface area contributed by atoms with E-state index in [1.165, 1.54) is 49.3 Å². The van der Waals surface area contributed by atoms with Crippen LogP contribution in [0.3, 0.4) is 0 Å². The Balaban J connectivity index is 1.53. The summed E-state index contributed by atoms with van der Waals surface area (Å²) in [6, 6.07) is 5.64. The van der Waals surface area contributed by atoms with Gasteiger partial charge in [-0.15, -0.1) is 11.6 Å². The minimum absolute atomic E-state index is 0.0129. The van der Waals surface area contributed by atoms with Crippen LogP contribution in [0, 0.1) is 23.7 Å². The van der Waals surface area contributed by atoms with E-state index in [2.05, 4.69) is 5.32 Å². The monoisotopic (exact) mass is 631 g/mol. The molecule has 3 aliphatic carbocycles. The third-order valence-electron chi connectivity index (χ3n) is 8.67. The Morgan fingerprint density at radius 2 is 1.72 bits per heavy atom. The van der Waals surface area contributed by atoms with Crippen LogP contribution < -0.4 is 11.1 Å². The third kappa shape index (κ3) is 4.60. The maximum atomic E-state index is 13.9. The van der Waals surface area contributed by atoms with Gasteiger partial charge in [-0.1, -0.05) is 23.7 Å². The standard InChI is InChI=1S/C29H27Cl2N3O9/c1-34(2)21-14-8-11-7-12-9-15(30)20(33-28(42)19(31)10-3-5-13(35)6-4-10)23(37)16(12)22(36)17(11)25(39)29(14,43)26(40)18(24(21)38)27(32)41/h3-6,9,11,14,17-19,21,35,37,43H,7-8H2,1-2H3,(H2,32,41)(H,33,42)/t11?,14?,17?,18?,19?,21-,29-/m0/s1. The molecule has 2 saturated carbocycles. The number of rotatable bonds is 5. The number of hydrogen-bond acceptors (Lipinski definition) is 10. The van der Waals surface area contributed by atoms with Crippen LogP contribution >= 0.6 is 23.2 Å². The number of carbonyl (C=O) groups excluding carboxylic acids is 6. The largest absolute Gasteiger partial charge is 0.508 e. The molecule has 226 valence electrons. The first-order valence-corrected chi connectivity index (χ1v) is 14.1. The predicted molar refractivity (Wildman–Crippen MR) is 152 cm³/mol. The molecule has 0 bridgehead atoms. The molecule has 5 rings (SSSR count). The lowest BCUT2D eigenvalue weighted by Crippen LogP contribution is -2.74. The summed E-state index contributed by atoms with van der Waals surface area (Å²) in [6.45, 7) is 0. The van der Waals surface area contributed by atoms with Gasteiger partial charge in [-0.25, -0.2) is 0 Å². The van der Waals surface area contributed by atoms with Gasteiger partial charge in [0, 0.05) is 5.92 Å². The first-order chi connectivity index (χ1) is 20.1. The molecule has 2 amide bonds. The smallest absolute Gasteiger partial charge is 0.247 e. The van der Waals surface area contributed by atoms with Gasteiger partial charge in [-0.2, -0.15) is 0 Å². The van der Waals surface area contributed by atoms with E-state index in [0.717, 1.165) is 0 Å². The van der Waals surface area contributed by atoms with Crippen molar-refractivity contribution in [2.75, 3.05) is 19.4 Å². The minimum atomic E-state index is -2.86. The van der Waals surface area contributed by atoms with Gasteiger partial charge in [0.25, 0.3) is 0 Å². The number of carbonyl (C=O) groups is 6. The van der Waals surface area contributed by atoms with Crippen LogP contribution in [-0.2, 0) is 30.4 Å². The van der Waals surface area contributed by atoms with Gasteiger partial charge in [0.05, 0.1) is 22.5 Å². The van der Waals surface area contributed by atoms with Gasteiger partial charge >= 0.3 is 0 Å². The number of nitrogens with two attached hydrogens (primary N) is 1. The molecule has 2 fully saturated rings. The van der Waals surface area contributed by atoms with Crippen LogP contribution in [0.25, 0.3) is 0 Å². The first-order valence-electron chi connectivity index (χ1n) is 13.2. The van der Waals surface area contributed by atoms with E-state index in [1.54, 1.807) is 0 Å². The lowest BCUT2D eigenvalue weighted by molar-refractivity contribution is -0.181. The lowest BCUT2D eigenvalue weighted by Gasteiger charge is -2.52. The van der Waals surface area contributed by atoms with Crippen molar-refractivity contribution in [3.63, 3.8) is 0 Å². The molecule has 0 spiro atoms. The second-order valence-corrected chi connectivity index (χ2v) is 12.2. The molecule has 0 radical (unpaired) electrons. The van der Waals surface area contributed by atoms with E-state index in [9.17, 15) is 44.1 Å². The Hall–Kier alpha value is -3.84. The summed E-state index contributed by atoms with van der Waals surface area (Å²) in [5.74, 6) is -12.9. The quantitative estimate of drug-likeness (QED) is 0.181. The molecule has 0 heterocycles. The van der Waals surface area contributed by atoms with Crippen LogP contribution in [0.2, 0.25) is 5.02 Å². The molecule has 0 saturated heterocycles. The van der Waals surface area contributed by atoms with Crippen molar-refractivity contribution in [3.8, 4) is 11.5 Å². The van der Waals surface area contributed by atoms with Crippen molar-refractivity contribution in [3.05, 3.63) is 52.0 Å². The normalized spacial score (nSPS) is 29.0. The summed E-state index contributed by atoms with van der Waals surface area (Å²) < 4.78 is 0. The van der Waals surface area contributed by atoms with Crippen molar-refractivity contribution >= 4 is 63.8 Å². The van der Waals surface area contributed by atoms with Crippen molar-refractivity contribution in [1.82, 2.24) is 4.90 Å². The number of amides is 2. The average molecular weight is 632 g/mol. The number of aromatic hydroxyl groups is 2. The highest BCUT2D eigenvalue weighted by molar-refractivity contribution is 6.37. The number of phenols is 2. The molecule has 5 unspecified atom stereocenters. The molecule has 14 heteroatoms. The van der Waals surface area contributed by atoms with Crippen LogP contribution in [0.4, 0.5) is 5.69 Å².